The molecule has 5 heteroatoms. The molecule has 2 atom stereocenters. The van der Waals surface area contributed by atoms with E-state index in [9.17, 15) is 0 Å². The van der Waals surface area contributed by atoms with Crippen LogP contribution in [0.3, 0.4) is 0 Å². The van der Waals surface area contributed by atoms with E-state index in [4.69, 9.17) is 4.74 Å². The zero-order valence-electron chi connectivity index (χ0n) is 12.8. The van der Waals surface area contributed by atoms with Crippen molar-refractivity contribution in [2.75, 3.05) is 24.3 Å². The monoisotopic (exact) mass is 278 g/mol. The predicted molar refractivity (Wildman–Crippen MR) is 82.0 cm³/mol. The molecule has 0 saturated heterocycles. The van der Waals surface area contributed by atoms with Gasteiger partial charge >= 0.3 is 0 Å². The van der Waals surface area contributed by atoms with Crippen molar-refractivity contribution in [3.63, 3.8) is 0 Å². The lowest BCUT2D eigenvalue weighted by molar-refractivity contribution is 0.178. The fraction of sp³-hybridized carbons (Fsp3) is 0.733. The summed E-state index contributed by atoms with van der Waals surface area (Å²) in [6, 6.07) is 2.58. The van der Waals surface area contributed by atoms with Gasteiger partial charge in [-0.3, -0.25) is 0 Å². The maximum atomic E-state index is 5.14. The van der Waals surface area contributed by atoms with Gasteiger partial charge in [-0.1, -0.05) is 20.3 Å². The smallest absolute Gasteiger partial charge is 0.158 e. The molecule has 2 rings (SSSR count). The Labute approximate surface area is 121 Å². The first-order valence-electron chi connectivity index (χ1n) is 7.64. The second-order valence-corrected chi connectivity index (χ2v) is 5.45. The molecule has 1 aromatic heterocycles. The highest BCUT2D eigenvalue weighted by Gasteiger charge is 2.36. The standard InChI is InChI=1S/C15H26N4O/c1-4-6-11-8-12(11)17-14-9-13(16-7-5-2)18-15(19-14)10-20-3/h9,11-12H,4-8,10H2,1-3H3,(H2,16,17,18,19). The maximum Gasteiger partial charge on any atom is 0.158 e. The lowest BCUT2D eigenvalue weighted by Crippen LogP contribution is -2.11. The summed E-state index contributed by atoms with van der Waals surface area (Å²) in [4.78, 5) is 8.98. The number of nitrogens with one attached hydrogen (secondary N) is 2. The first kappa shape index (κ1) is 15.0. The molecule has 112 valence electrons. The molecule has 5 nitrogen and oxygen atoms in total. The molecule has 1 aliphatic rings. The Morgan fingerprint density at radius 3 is 2.75 bits per heavy atom. The first-order valence-corrected chi connectivity index (χ1v) is 7.64. The fourth-order valence-electron chi connectivity index (χ4n) is 2.41. The van der Waals surface area contributed by atoms with E-state index in [1.54, 1.807) is 7.11 Å². The van der Waals surface area contributed by atoms with E-state index >= 15 is 0 Å². The van der Waals surface area contributed by atoms with Crippen LogP contribution >= 0.6 is 0 Å². The molecule has 2 N–H and O–H groups in total. The topological polar surface area (TPSA) is 59.1 Å². The summed E-state index contributed by atoms with van der Waals surface area (Å²) in [5, 5.41) is 6.84. The van der Waals surface area contributed by atoms with Crippen molar-refractivity contribution in [2.45, 2.75) is 52.2 Å². The second kappa shape index (κ2) is 7.43. The molecule has 1 saturated carbocycles. The minimum absolute atomic E-state index is 0.444. The molecule has 1 aromatic rings. The number of methoxy groups -OCH3 is 1. The number of ether oxygens (including phenoxy) is 1. The van der Waals surface area contributed by atoms with Gasteiger partial charge in [-0.25, -0.2) is 9.97 Å². The third kappa shape index (κ3) is 4.34. The molecule has 0 bridgehead atoms. The van der Waals surface area contributed by atoms with Crippen molar-refractivity contribution < 1.29 is 4.74 Å². The fourth-order valence-corrected chi connectivity index (χ4v) is 2.41. The van der Waals surface area contributed by atoms with Crippen molar-refractivity contribution in [3.05, 3.63) is 11.9 Å². The Hall–Kier alpha value is -1.36. The molecule has 0 aliphatic heterocycles. The lowest BCUT2D eigenvalue weighted by Gasteiger charge is -2.10. The highest BCUT2D eigenvalue weighted by molar-refractivity contribution is 5.49. The Kier molecular flexibility index (Phi) is 5.59. The van der Waals surface area contributed by atoms with Crippen molar-refractivity contribution >= 4 is 11.6 Å². The molecule has 0 amide bonds. The minimum Gasteiger partial charge on any atom is -0.377 e. The number of hydrogen-bond acceptors (Lipinski definition) is 5. The van der Waals surface area contributed by atoms with Crippen molar-refractivity contribution in [1.29, 1.82) is 0 Å². The van der Waals surface area contributed by atoms with Crippen molar-refractivity contribution in [1.82, 2.24) is 9.97 Å². The Balaban J connectivity index is 2.00. The minimum atomic E-state index is 0.444. The van der Waals surface area contributed by atoms with Gasteiger partial charge in [0.05, 0.1) is 0 Å². The Bertz CT molecular complexity index is 424. The van der Waals surface area contributed by atoms with Gasteiger partial charge in [-0.05, 0) is 25.2 Å². The van der Waals surface area contributed by atoms with E-state index in [-0.39, 0.29) is 0 Å². The summed E-state index contributed by atoms with van der Waals surface area (Å²) >= 11 is 0. The summed E-state index contributed by atoms with van der Waals surface area (Å²) in [5.74, 6) is 3.33. The van der Waals surface area contributed by atoms with Crippen LogP contribution in [-0.4, -0.2) is 29.7 Å². The summed E-state index contributed by atoms with van der Waals surface area (Å²) in [7, 11) is 1.67. The van der Waals surface area contributed by atoms with Gasteiger partial charge in [-0.2, -0.15) is 0 Å². The summed E-state index contributed by atoms with van der Waals surface area (Å²) in [6.45, 7) is 5.75. The molecule has 0 spiro atoms. The molecule has 1 aliphatic carbocycles. The molecule has 20 heavy (non-hydrogen) atoms. The van der Waals surface area contributed by atoms with Gasteiger partial charge in [0.2, 0.25) is 0 Å². The highest BCUT2D eigenvalue weighted by Crippen LogP contribution is 2.37. The first-order chi connectivity index (χ1) is 9.76. The lowest BCUT2D eigenvalue weighted by atomic mass is 10.2. The van der Waals surface area contributed by atoms with Crippen LogP contribution in [0.4, 0.5) is 11.6 Å². The number of rotatable bonds is 9. The van der Waals surface area contributed by atoms with Crippen LogP contribution in [0.25, 0.3) is 0 Å². The van der Waals surface area contributed by atoms with Gasteiger partial charge in [0.25, 0.3) is 0 Å². The van der Waals surface area contributed by atoms with Gasteiger partial charge in [0.15, 0.2) is 5.82 Å². The maximum absolute atomic E-state index is 5.14. The third-order valence-electron chi connectivity index (χ3n) is 3.52. The quantitative estimate of drug-likeness (QED) is 0.727. The molecule has 2 unspecified atom stereocenters. The van der Waals surface area contributed by atoms with E-state index in [2.05, 4.69) is 34.4 Å². The van der Waals surface area contributed by atoms with Crippen LogP contribution in [-0.2, 0) is 11.3 Å². The van der Waals surface area contributed by atoms with Crippen LogP contribution in [0.1, 0.15) is 45.4 Å². The molecule has 1 fully saturated rings. The molecule has 1 heterocycles. The Morgan fingerprint density at radius 1 is 1.25 bits per heavy atom. The molecule has 0 radical (unpaired) electrons. The van der Waals surface area contributed by atoms with Crippen LogP contribution in [0.15, 0.2) is 6.07 Å². The Morgan fingerprint density at radius 2 is 2.05 bits per heavy atom. The molecular weight excluding hydrogens is 252 g/mol. The number of anilines is 2. The molecule has 0 aromatic carbocycles. The zero-order chi connectivity index (χ0) is 14.4. The van der Waals surface area contributed by atoms with Crippen LogP contribution < -0.4 is 10.6 Å². The SMILES string of the molecule is CCCNc1cc(NC2CC2CCC)nc(COC)n1. The van der Waals surface area contributed by atoms with E-state index in [1.165, 1.54) is 19.3 Å². The average molecular weight is 278 g/mol. The largest absolute Gasteiger partial charge is 0.377 e. The normalized spacial score (nSPS) is 20.8. The summed E-state index contributed by atoms with van der Waals surface area (Å²) in [6.07, 6.45) is 4.89. The van der Waals surface area contributed by atoms with Gasteiger partial charge in [0, 0.05) is 25.8 Å². The summed E-state index contributed by atoms with van der Waals surface area (Å²) < 4.78 is 5.14. The summed E-state index contributed by atoms with van der Waals surface area (Å²) in [5.41, 5.74) is 0. The van der Waals surface area contributed by atoms with E-state index in [0.717, 1.165) is 36.3 Å². The van der Waals surface area contributed by atoms with Gasteiger partial charge in [0.1, 0.15) is 18.2 Å². The van der Waals surface area contributed by atoms with Crippen LogP contribution in [0, 0.1) is 5.92 Å². The second-order valence-electron chi connectivity index (χ2n) is 5.45. The highest BCUT2D eigenvalue weighted by atomic mass is 16.5. The van der Waals surface area contributed by atoms with Crippen molar-refractivity contribution in [2.24, 2.45) is 5.92 Å². The molecular formula is C15H26N4O. The van der Waals surface area contributed by atoms with Crippen LogP contribution in [0.2, 0.25) is 0 Å². The predicted octanol–water partition coefficient (Wildman–Crippen LogP) is 3.05. The third-order valence-corrected chi connectivity index (χ3v) is 3.52. The van der Waals surface area contributed by atoms with Crippen LogP contribution in [0.5, 0.6) is 0 Å². The number of hydrogen-bond donors (Lipinski definition) is 2. The number of nitrogens with zero attached hydrogens (tertiary/aromatic N) is 2. The number of aromatic nitrogens is 2. The van der Waals surface area contributed by atoms with Gasteiger partial charge < -0.3 is 15.4 Å². The van der Waals surface area contributed by atoms with E-state index in [0.29, 0.717) is 12.6 Å². The average Bonchev–Trinajstić information content (AvgIpc) is 3.15. The zero-order valence-corrected chi connectivity index (χ0v) is 12.8. The van der Waals surface area contributed by atoms with E-state index in [1.807, 2.05) is 6.07 Å². The van der Waals surface area contributed by atoms with E-state index < -0.39 is 0 Å². The van der Waals surface area contributed by atoms with Crippen molar-refractivity contribution in [3.8, 4) is 0 Å². The van der Waals surface area contributed by atoms with Gasteiger partial charge in [-0.15, -0.1) is 0 Å².